The Hall–Kier alpha value is -1.51. The van der Waals surface area contributed by atoms with E-state index >= 15 is 0 Å². The number of carboxylic acid groups (broad SMARTS) is 1. The highest BCUT2D eigenvalue weighted by atomic mass is 79.9. The molecule has 0 saturated carbocycles. The van der Waals surface area contributed by atoms with Gasteiger partial charge in [-0.05, 0) is 28.1 Å². The van der Waals surface area contributed by atoms with Crippen LogP contribution in [0.15, 0.2) is 16.6 Å². The summed E-state index contributed by atoms with van der Waals surface area (Å²) in [5.41, 5.74) is 0.272. The zero-order chi connectivity index (χ0) is 16.0. The Balaban J connectivity index is 2.49. The van der Waals surface area contributed by atoms with Crippen molar-refractivity contribution in [3.63, 3.8) is 0 Å². The molecule has 0 aliphatic heterocycles. The number of carboxylic acids is 1. The number of amides is 3. The second-order valence-corrected chi connectivity index (χ2v) is 5.31. The van der Waals surface area contributed by atoms with Gasteiger partial charge in [-0.3, -0.25) is 9.59 Å². The Bertz CT molecular complexity index is 583. The van der Waals surface area contributed by atoms with Crippen LogP contribution in [0.1, 0.15) is 0 Å². The smallest absolute Gasteiger partial charge is 0.322 e. The van der Waals surface area contributed by atoms with Crippen molar-refractivity contribution in [2.24, 2.45) is 0 Å². The number of anilines is 1. The normalized spacial score (nSPS) is 9.86. The van der Waals surface area contributed by atoms with Crippen LogP contribution in [0, 0.1) is 0 Å². The summed E-state index contributed by atoms with van der Waals surface area (Å²) in [6, 6.07) is 2.45. The molecule has 0 fully saturated rings. The summed E-state index contributed by atoms with van der Waals surface area (Å²) in [5, 5.41) is 15.5. The predicted octanol–water partition coefficient (Wildman–Crippen LogP) is 2.08. The maximum Gasteiger partial charge on any atom is 0.322 e. The molecule has 0 aliphatic carbocycles. The average molecular weight is 399 g/mol. The van der Waals surface area contributed by atoms with E-state index in [0.717, 1.165) is 0 Å². The van der Waals surface area contributed by atoms with Crippen molar-refractivity contribution in [1.82, 2.24) is 10.6 Å². The monoisotopic (exact) mass is 397 g/mol. The van der Waals surface area contributed by atoms with E-state index in [1.165, 1.54) is 6.07 Å². The van der Waals surface area contributed by atoms with Crippen molar-refractivity contribution in [2.75, 3.05) is 18.4 Å². The molecule has 0 saturated heterocycles. The van der Waals surface area contributed by atoms with Gasteiger partial charge in [-0.15, -0.1) is 0 Å². The first-order valence-electron chi connectivity index (χ1n) is 5.48. The van der Waals surface area contributed by atoms with Gasteiger partial charge in [0.25, 0.3) is 0 Å². The topological polar surface area (TPSA) is 108 Å². The Morgan fingerprint density at radius 3 is 2.38 bits per heavy atom. The summed E-state index contributed by atoms with van der Waals surface area (Å²) in [5.74, 6) is -1.81. The van der Waals surface area contributed by atoms with Gasteiger partial charge in [-0.1, -0.05) is 23.2 Å². The van der Waals surface area contributed by atoms with E-state index < -0.39 is 24.5 Å². The fourth-order valence-corrected chi connectivity index (χ4v) is 2.01. The third-order valence-electron chi connectivity index (χ3n) is 2.13. The third kappa shape index (κ3) is 5.78. The zero-order valence-electron chi connectivity index (χ0n) is 10.4. The second-order valence-electron chi connectivity index (χ2n) is 3.70. The molecule has 0 aromatic heterocycles. The summed E-state index contributed by atoms with van der Waals surface area (Å²) in [6.45, 7) is -0.892. The van der Waals surface area contributed by atoms with E-state index in [1.807, 2.05) is 0 Å². The van der Waals surface area contributed by atoms with Crippen LogP contribution < -0.4 is 16.0 Å². The maximum atomic E-state index is 11.6. The molecule has 7 nitrogen and oxygen atoms in total. The largest absolute Gasteiger partial charge is 0.480 e. The molecule has 114 valence electrons. The first-order chi connectivity index (χ1) is 9.81. The fourth-order valence-electron chi connectivity index (χ4n) is 1.19. The van der Waals surface area contributed by atoms with Crippen LogP contribution in [0.4, 0.5) is 10.5 Å². The van der Waals surface area contributed by atoms with Gasteiger partial charge in [-0.25, -0.2) is 4.79 Å². The van der Waals surface area contributed by atoms with Crippen molar-refractivity contribution in [3.05, 3.63) is 26.7 Å². The molecule has 3 amide bonds. The molecule has 0 heterocycles. The number of nitrogens with one attached hydrogen (secondary N) is 3. The number of hydrogen-bond donors (Lipinski definition) is 4. The summed E-state index contributed by atoms with van der Waals surface area (Å²) in [4.78, 5) is 33.0. The summed E-state index contributed by atoms with van der Waals surface area (Å²) in [7, 11) is 0. The van der Waals surface area contributed by atoms with E-state index in [2.05, 4.69) is 31.9 Å². The molecule has 0 unspecified atom stereocenters. The molecule has 10 heteroatoms. The molecule has 1 aromatic carbocycles. The van der Waals surface area contributed by atoms with Crippen molar-refractivity contribution in [1.29, 1.82) is 0 Å². The number of aliphatic carboxylic acids is 1. The van der Waals surface area contributed by atoms with Crippen molar-refractivity contribution in [2.45, 2.75) is 0 Å². The minimum absolute atomic E-state index is 0.150. The van der Waals surface area contributed by atoms with E-state index in [1.54, 1.807) is 6.07 Å². The van der Waals surface area contributed by atoms with Crippen molar-refractivity contribution in [3.8, 4) is 0 Å². The van der Waals surface area contributed by atoms with Crippen molar-refractivity contribution < 1.29 is 19.5 Å². The summed E-state index contributed by atoms with van der Waals surface area (Å²) < 4.78 is 0.577. The highest BCUT2D eigenvalue weighted by Crippen LogP contribution is 2.35. The molecular weight excluding hydrogens is 389 g/mol. The molecule has 21 heavy (non-hydrogen) atoms. The quantitative estimate of drug-likeness (QED) is 0.569. The molecule has 4 N–H and O–H groups in total. The number of carbonyl (C=O) groups excluding carboxylic acids is 2. The van der Waals surface area contributed by atoms with Gasteiger partial charge in [0.1, 0.15) is 6.54 Å². The molecule has 0 bridgehead atoms. The Morgan fingerprint density at radius 2 is 1.76 bits per heavy atom. The number of benzene rings is 1. The highest BCUT2D eigenvalue weighted by Gasteiger charge is 2.12. The molecule has 1 aromatic rings. The first kappa shape index (κ1) is 17.5. The summed E-state index contributed by atoms with van der Waals surface area (Å²) >= 11 is 15.0. The Labute approximate surface area is 138 Å². The molecule has 0 radical (unpaired) electrons. The van der Waals surface area contributed by atoms with E-state index in [4.69, 9.17) is 28.3 Å². The second kappa shape index (κ2) is 8.06. The minimum Gasteiger partial charge on any atom is -0.480 e. The van der Waals surface area contributed by atoms with Gasteiger partial charge < -0.3 is 21.1 Å². The predicted molar refractivity (Wildman–Crippen MR) is 81.8 cm³/mol. The van der Waals surface area contributed by atoms with E-state index in [-0.39, 0.29) is 22.3 Å². The zero-order valence-corrected chi connectivity index (χ0v) is 13.5. The number of carbonyl (C=O) groups is 3. The van der Waals surface area contributed by atoms with Crippen molar-refractivity contribution >= 4 is 62.7 Å². The molecular formula is C11H10BrCl2N3O4. The molecule has 1 rings (SSSR count). The lowest BCUT2D eigenvalue weighted by atomic mass is 10.3. The van der Waals surface area contributed by atoms with Gasteiger partial charge >= 0.3 is 12.0 Å². The molecule has 0 spiro atoms. The number of halogens is 3. The number of rotatable bonds is 5. The average Bonchev–Trinajstić information content (AvgIpc) is 2.43. The fraction of sp³-hybridized carbons (Fsp3) is 0.182. The van der Waals surface area contributed by atoms with Crippen LogP contribution in [0.5, 0.6) is 0 Å². The van der Waals surface area contributed by atoms with Crippen LogP contribution in [0.3, 0.4) is 0 Å². The highest BCUT2D eigenvalue weighted by molar-refractivity contribution is 9.10. The van der Waals surface area contributed by atoms with Gasteiger partial charge in [0, 0.05) is 4.47 Å². The maximum absolute atomic E-state index is 11.6. The van der Waals surface area contributed by atoms with Gasteiger partial charge in [0.15, 0.2) is 0 Å². The van der Waals surface area contributed by atoms with Crippen LogP contribution in [-0.4, -0.2) is 36.1 Å². The van der Waals surface area contributed by atoms with Crippen LogP contribution >= 0.6 is 39.1 Å². The Kier molecular flexibility index (Phi) is 6.73. The Morgan fingerprint density at radius 1 is 1.10 bits per heavy atom. The number of hydrogen-bond acceptors (Lipinski definition) is 3. The minimum atomic E-state index is -1.18. The standard InChI is InChI=1S/C11H10BrCl2N3O4/c12-5-1-2-6(10(14)9(5)13)17-11(21)16-3-7(18)15-4-8(19)20/h1-2H,3-4H2,(H,15,18)(H,19,20)(H2,16,17,21). The number of urea groups is 1. The van der Waals surface area contributed by atoms with Gasteiger partial charge in [0.05, 0.1) is 22.3 Å². The van der Waals surface area contributed by atoms with Gasteiger partial charge in [-0.2, -0.15) is 0 Å². The van der Waals surface area contributed by atoms with E-state index in [0.29, 0.717) is 4.47 Å². The third-order valence-corrected chi connectivity index (χ3v) is 3.90. The molecule has 0 atom stereocenters. The molecule has 0 aliphatic rings. The lowest BCUT2D eigenvalue weighted by Gasteiger charge is -2.10. The van der Waals surface area contributed by atoms with Gasteiger partial charge in [0.2, 0.25) is 5.91 Å². The first-order valence-corrected chi connectivity index (χ1v) is 7.03. The van der Waals surface area contributed by atoms with Crippen LogP contribution in [0.2, 0.25) is 10.0 Å². The van der Waals surface area contributed by atoms with Crippen LogP contribution in [0.25, 0.3) is 0 Å². The van der Waals surface area contributed by atoms with E-state index in [9.17, 15) is 14.4 Å². The summed E-state index contributed by atoms with van der Waals surface area (Å²) in [6.07, 6.45) is 0. The lowest BCUT2D eigenvalue weighted by Crippen LogP contribution is -2.40. The van der Waals surface area contributed by atoms with Crippen LogP contribution in [-0.2, 0) is 9.59 Å². The lowest BCUT2D eigenvalue weighted by molar-refractivity contribution is -0.137. The SMILES string of the molecule is O=C(O)CNC(=O)CNC(=O)Nc1ccc(Br)c(Cl)c1Cl.